The number of benzene rings is 1. The SMILES string of the molecule is CCCNCCN(C)Cc1c(F)cccc1F. The number of hydrogen-bond acceptors (Lipinski definition) is 2. The molecular formula is C13H20F2N2. The highest BCUT2D eigenvalue weighted by Gasteiger charge is 2.10. The number of nitrogens with zero attached hydrogens (tertiary/aromatic N) is 1. The Balaban J connectivity index is 2.42. The van der Waals surface area contributed by atoms with E-state index in [9.17, 15) is 8.78 Å². The predicted octanol–water partition coefficient (Wildman–Crippen LogP) is 2.40. The molecule has 96 valence electrons. The van der Waals surface area contributed by atoms with E-state index in [1.54, 1.807) is 0 Å². The maximum Gasteiger partial charge on any atom is 0.130 e. The first-order valence-electron chi connectivity index (χ1n) is 5.97. The molecule has 0 amide bonds. The van der Waals surface area contributed by atoms with Gasteiger partial charge in [0.05, 0.1) is 0 Å². The van der Waals surface area contributed by atoms with E-state index >= 15 is 0 Å². The minimum absolute atomic E-state index is 0.144. The summed E-state index contributed by atoms with van der Waals surface area (Å²) in [4.78, 5) is 1.91. The Hall–Kier alpha value is -1.00. The van der Waals surface area contributed by atoms with Gasteiger partial charge in [0.25, 0.3) is 0 Å². The third kappa shape index (κ3) is 4.79. The van der Waals surface area contributed by atoms with Gasteiger partial charge in [-0.25, -0.2) is 8.78 Å². The highest BCUT2D eigenvalue weighted by molar-refractivity contribution is 5.19. The molecule has 0 aliphatic rings. The van der Waals surface area contributed by atoms with Crippen LogP contribution in [0.3, 0.4) is 0 Å². The standard InChI is InChI=1S/C13H20F2N2/c1-3-7-16-8-9-17(2)10-11-12(14)5-4-6-13(11)15/h4-6,16H,3,7-10H2,1-2H3. The lowest BCUT2D eigenvalue weighted by Gasteiger charge is -2.17. The van der Waals surface area contributed by atoms with Gasteiger partial charge in [-0.2, -0.15) is 0 Å². The van der Waals surface area contributed by atoms with Crippen molar-refractivity contribution in [3.05, 3.63) is 35.4 Å². The Morgan fingerprint density at radius 1 is 1.18 bits per heavy atom. The third-order valence-electron chi connectivity index (χ3n) is 2.59. The topological polar surface area (TPSA) is 15.3 Å². The predicted molar refractivity (Wildman–Crippen MR) is 65.9 cm³/mol. The van der Waals surface area contributed by atoms with Crippen molar-refractivity contribution in [2.45, 2.75) is 19.9 Å². The van der Waals surface area contributed by atoms with Crippen LogP contribution < -0.4 is 5.32 Å². The van der Waals surface area contributed by atoms with Crippen LogP contribution in [0.5, 0.6) is 0 Å². The lowest BCUT2D eigenvalue weighted by atomic mass is 10.2. The Bertz CT molecular complexity index is 322. The molecule has 0 heterocycles. The fourth-order valence-corrected chi connectivity index (χ4v) is 1.60. The zero-order chi connectivity index (χ0) is 12.7. The molecule has 1 aromatic rings. The van der Waals surface area contributed by atoms with Crippen LogP contribution in [-0.4, -0.2) is 31.6 Å². The summed E-state index contributed by atoms with van der Waals surface area (Å²) in [5.41, 5.74) is 0.144. The summed E-state index contributed by atoms with van der Waals surface area (Å²) in [5.74, 6) is -0.947. The average molecular weight is 242 g/mol. The van der Waals surface area contributed by atoms with Crippen molar-refractivity contribution in [2.75, 3.05) is 26.7 Å². The summed E-state index contributed by atoms with van der Waals surface area (Å²) in [6.07, 6.45) is 1.09. The van der Waals surface area contributed by atoms with E-state index < -0.39 is 11.6 Å². The van der Waals surface area contributed by atoms with Crippen molar-refractivity contribution in [1.82, 2.24) is 10.2 Å². The van der Waals surface area contributed by atoms with Gasteiger partial charge in [0.2, 0.25) is 0 Å². The van der Waals surface area contributed by atoms with Gasteiger partial charge < -0.3 is 10.2 Å². The quantitative estimate of drug-likeness (QED) is 0.739. The number of nitrogens with one attached hydrogen (secondary N) is 1. The number of hydrogen-bond donors (Lipinski definition) is 1. The van der Waals surface area contributed by atoms with Crippen LogP contribution in [-0.2, 0) is 6.54 Å². The first-order valence-corrected chi connectivity index (χ1v) is 5.97. The van der Waals surface area contributed by atoms with Crippen LogP contribution >= 0.6 is 0 Å². The molecule has 0 saturated heterocycles. The van der Waals surface area contributed by atoms with Gasteiger partial charge in [-0.05, 0) is 32.1 Å². The molecule has 17 heavy (non-hydrogen) atoms. The fraction of sp³-hybridized carbons (Fsp3) is 0.538. The Morgan fingerprint density at radius 3 is 2.41 bits per heavy atom. The van der Waals surface area contributed by atoms with E-state index in [0.29, 0.717) is 6.54 Å². The second-order valence-electron chi connectivity index (χ2n) is 4.19. The smallest absolute Gasteiger partial charge is 0.130 e. The molecule has 0 fully saturated rings. The van der Waals surface area contributed by atoms with Crippen LogP contribution in [0.15, 0.2) is 18.2 Å². The van der Waals surface area contributed by atoms with Gasteiger partial charge >= 0.3 is 0 Å². The summed E-state index contributed by atoms with van der Waals surface area (Å²) < 4.78 is 26.7. The normalized spacial score (nSPS) is 11.1. The molecule has 0 aliphatic heterocycles. The third-order valence-corrected chi connectivity index (χ3v) is 2.59. The van der Waals surface area contributed by atoms with Crippen LogP contribution in [0, 0.1) is 11.6 Å². The van der Waals surface area contributed by atoms with Gasteiger partial charge in [0.15, 0.2) is 0 Å². The summed E-state index contributed by atoms with van der Waals surface area (Å²) in [6, 6.07) is 3.97. The van der Waals surface area contributed by atoms with Gasteiger partial charge in [-0.15, -0.1) is 0 Å². The molecule has 4 heteroatoms. The van der Waals surface area contributed by atoms with Crippen molar-refractivity contribution in [3.8, 4) is 0 Å². The van der Waals surface area contributed by atoms with Crippen molar-refractivity contribution < 1.29 is 8.78 Å². The molecule has 0 saturated carbocycles. The van der Waals surface area contributed by atoms with Gasteiger partial charge in [-0.3, -0.25) is 0 Å². The molecule has 0 aliphatic carbocycles. The second-order valence-corrected chi connectivity index (χ2v) is 4.19. The van der Waals surface area contributed by atoms with Gasteiger partial charge in [-0.1, -0.05) is 13.0 Å². The number of halogens is 2. The van der Waals surface area contributed by atoms with E-state index in [-0.39, 0.29) is 5.56 Å². The van der Waals surface area contributed by atoms with Crippen molar-refractivity contribution in [3.63, 3.8) is 0 Å². The molecule has 0 spiro atoms. The monoisotopic (exact) mass is 242 g/mol. The molecule has 1 aromatic carbocycles. The molecule has 1 N–H and O–H groups in total. The van der Waals surface area contributed by atoms with Crippen molar-refractivity contribution >= 4 is 0 Å². The van der Waals surface area contributed by atoms with Crippen molar-refractivity contribution in [2.24, 2.45) is 0 Å². The number of likely N-dealkylation sites (N-methyl/N-ethyl adjacent to an activating group) is 1. The molecular weight excluding hydrogens is 222 g/mol. The zero-order valence-corrected chi connectivity index (χ0v) is 10.5. The molecule has 0 bridgehead atoms. The van der Waals surface area contributed by atoms with E-state index in [4.69, 9.17) is 0 Å². The lowest BCUT2D eigenvalue weighted by Crippen LogP contribution is -2.29. The van der Waals surface area contributed by atoms with Crippen LogP contribution in [0.25, 0.3) is 0 Å². The molecule has 2 nitrogen and oxygen atoms in total. The van der Waals surface area contributed by atoms with E-state index in [0.717, 1.165) is 26.1 Å². The molecule has 0 radical (unpaired) electrons. The average Bonchev–Trinajstić information content (AvgIpc) is 2.30. The lowest BCUT2D eigenvalue weighted by molar-refractivity contribution is 0.313. The number of rotatable bonds is 7. The van der Waals surface area contributed by atoms with E-state index in [2.05, 4.69) is 12.2 Å². The minimum atomic E-state index is -0.474. The summed E-state index contributed by atoms with van der Waals surface area (Å²) in [5, 5.41) is 3.25. The summed E-state index contributed by atoms with van der Waals surface area (Å²) in [6.45, 7) is 4.98. The fourth-order valence-electron chi connectivity index (χ4n) is 1.60. The van der Waals surface area contributed by atoms with Gasteiger partial charge in [0, 0.05) is 25.2 Å². The van der Waals surface area contributed by atoms with Gasteiger partial charge in [0.1, 0.15) is 11.6 Å². The first-order chi connectivity index (χ1) is 8.15. The Labute approximate surface area is 102 Å². The highest BCUT2D eigenvalue weighted by Crippen LogP contribution is 2.13. The minimum Gasteiger partial charge on any atom is -0.315 e. The first kappa shape index (κ1) is 14.1. The molecule has 1 rings (SSSR count). The largest absolute Gasteiger partial charge is 0.315 e. The van der Waals surface area contributed by atoms with Crippen LogP contribution in [0.2, 0.25) is 0 Å². The van der Waals surface area contributed by atoms with Crippen LogP contribution in [0.4, 0.5) is 8.78 Å². The van der Waals surface area contributed by atoms with Crippen molar-refractivity contribution in [1.29, 1.82) is 0 Å². The maximum absolute atomic E-state index is 13.4. The molecule has 0 unspecified atom stereocenters. The molecule has 0 atom stereocenters. The highest BCUT2D eigenvalue weighted by atomic mass is 19.1. The van der Waals surface area contributed by atoms with E-state index in [1.165, 1.54) is 18.2 Å². The van der Waals surface area contributed by atoms with E-state index in [1.807, 2.05) is 11.9 Å². The Morgan fingerprint density at radius 2 is 1.82 bits per heavy atom. The molecule has 0 aromatic heterocycles. The zero-order valence-electron chi connectivity index (χ0n) is 10.5. The Kier molecular flexibility index (Phi) is 6.08. The maximum atomic E-state index is 13.4. The second kappa shape index (κ2) is 7.35. The van der Waals surface area contributed by atoms with Crippen LogP contribution in [0.1, 0.15) is 18.9 Å². The summed E-state index contributed by atoms with van der Waals surface area (Å²) >= 11 is 0. The summed E-state index contributed by atoms with van der Waals surface area (Å²) in [7, 11) is 1.86.